The molecule has 2 heterocycles. The largest absolute Gasteiger partial charge is 0.452 e. The molecule has 2 aromatic rings. The number of nitrogens with one attached hydrogen (secondary N) is 1. The Morgan fingerprint density at radius 2 is 1.74 bits per heavy atom. The number of hydrogen-bond donors (Lipinski definition) is 1. The van der Waals surface area contributed by atoms with Gasteiger partial charge in [-0.3, -0.25) is 4.79 Å². The van der Waals surface area contributed by atoms with Crippen LogP contribution in [-0.4, -0.2) is 24.5 Å². The quantitative estimate of drug-likeness (QED) is 0.436. The van der Waals surface area contributed by atoms with Crippen LogP contribution in [0.5, 0.6) is 0 Å². The number of rotatable bonds is 7. The minimum absolute atomic E-state index is 0.130. The van der Waals surface area contributed by atoms with Gasteiger partial charge in [0, 0.05) is 15.8 Å². The highest BCUT2D eigenvalue weighted by Crippen LogP contribution is 2.61. The summed E-state index contributed by atoms with van der Waals surface area (Å²) in [6, 6.07) is 7.86. The molecular formula is C25H29NO3S2. The highest BCUT2D eigenvalue weighted by atomic mass is 32.1. The van der Waals surface area contributed by atoms with Crippen LogP contribution < -0.4 is 5.32 Å². The molecule has 0 radical (unpaired) electrons. The van der Waals surface area contributed by atoms with Crippen molar-refractivity contribution in [2.24, 2.45) is 23.2 Å². The first kappa shape index (κ1) is 21.0. The van der Waals surface area contributed by atoms with Gasteiger partial charge in [-0.2, -0.15) is 0 Å². The molecule has 0 unspecified atom stereocenters. The van der Waals surface area contributed by atoms with Crippen molar-refractivity contribution in [3.63, 3.8) is 0 Å². The third-order valence-corrected chi connectivity index (χ3v) is 9.27. The first-order chi connectivity index (χ1) is 15.0. The van der Waals surface area contributed by atoms with E-state index in [0.717, 1.165) is 27.5 Å². The molecule has 4 aliphatic rings. The maximum atomic E-state index is 12.8. The van der Waals surface area contributed by atoms with Gasteiger partial charge in [-0.05, 0) is 97.6 Å². The normalized spacial score (nSPS) is 30.2. The Bertz CT molecular complexity index is 926. The van der Waals surface area contributed by atoms with Gasteiger partial charge in [-0.15, -0.1) is 22.7 Å². The van der Waals surface area contributed by atoms with Gasteiger partial charge >= 0.3 is 5.97 Å². The SMILES string of the molecule is C[C@H](NC(=O)COC(=O)/C(=C/c1cccs1)c1cccs1)C12CC3CC(CC(C3)C1)C2. The van der Waals surface area contributed by atoms with Gasteiger partial charge in [0.05, 0.1) is 5.57 Å². The lowest BCUT2D eigenvalue weighted by atomic mass is 9.48. The lowest BCUT2D eigenvalue weighted by Gasteiger charge is -2.59. The van der Waals surface area contributed by atoms with Gasteiger partial charge < -0.3 is 10.1 Å². The summed E-state index contributed by atoms with van der Waals surface area (Å²) in [6.45, 7) is 1.92. The molecule has 0 aromatic carbocycles. The van der Waals surface area contributed by atoms with Gasteiger partial charge in [-0.1, -0.05) is 12.1 Å². The molecule has 31 heavy (non-hydrogen) atoms. The molecule has 1 atom stereocenters. The lowest BCUT2D eigenvalue weighted by molar-refractivity contribution is -0.144. The predicted octanol–water partition coefficient (Wildman–Crippen LogP) is 5.61. The van der Waals surface area contributed by atoms with E-state index in [1.165, 1.54) is 49.9 Å². The second-order valence-corrected chi connectivity index (χ2v) is 11.6. The van der Waals surface area contributed by atoms with Crippen LogP contribution in [0.15, 0.2) is 35.0 Å². The van der Waals surface area contributed by atoms with E-state index in [2.05, 4.69) is 12.2 Å². The summed E-state index contributed by atoms with van der Waals surface area (Å²) >= 11 is 3.06. The topological polar surface area (TPSA) is 55.4 Å². The average molecular weight is 456 g/mol. The number of carbonyl (C=O) groups excluding carboxylic acids is 2. The maximum Gasteiger partial charge on any atom is 0.340 e. The van der Waals surface area contributed by atoms with E-state index < -0.39 is 5.97 Å². The molecule has 4 aliphatic carbocycles. The summed E-state index contributed by atoms with van der Waals surface area (Å²) in [6.07, 6.45) is 9.73. The molecule has 4 fully saturated rings. The Hall–Kier alpha value is -1.92. The molecular weight excluding hydrogens is 426 g/mol. The summed E-state index contributed by atoms with van der Waals surface area (Å²) < 4.78 is 5.45. The molecule has 0 saturated heterocycles. The van der Waals surface area contributed by atoms with Crippen molar-refractivity contribution in [2.45, 2.75) is 51.5 Å². The zero-order valence-electron chi connectivity index (χ0n) is 17.8. The second kappa shape index (κ2) is 8.55. The van der Waals surface area contributed by atoms with Crippen molar-refractivity contribution >= 4 is 46.2 Å². The molecule has 1 amide bonds. The van der Waals surface area contributed by atoms with E-state index in [1.54, 1.807) is 11.3 Å². The number of hydrogen-bond acceptors (Lipinski definition) is 5. The summed E-state index contributed by atoms with van der Waals surface area (Å²) in [5, 5.41) is 7.09. The summed E-state index contributed by atoms with van der Waals surface area (Å²) in [5.41, 5.74) is 0.745. The zero-order valence-corrected chi connectivity index (χ0v) is 19.5. The van der Waals surface area contributed by atoms with Crippen LogP contribution in [0.1, 0.15) is 55.2 Å². The highest BCUT2D eigenvalue weighted by molar-refractivity contribution is 7.12. The zero-order chi connectivity index (χ0) is 21.4. The molecule has 0 spiro atoms. The predicted molar refractivity (Wildman–Crippen MR) is 126 cm³/mol. The molecule has 4 nitrogen and oxygen atoms in total. The van der Waals surface area contributed by atoms with Crippen LogP contribution >= 0.6 is 22.7 Å². The molecule has 2 aromatic heterocycles. The van der Waals surface area contributed by atoms with E-state index in [0.29, 0.717) is 5.57 Å². The monoisotopic (exact) mass is 455 g/mol. The van der Waals surface area contributed by atoms with Gasteiger partial charge in [0.1, 0.15) is 0 Å². The minimum atomic E-state index is -0.451. The fourth-order valence-corrected chi connectivity index (χ4v) is 7.92. The van der Waals surface area contributed by atoms with Crippen LogP contribution in [0.4, 0.5) is 0 Å². The van der Waals surface area contributed by atoms with Crippen molar-refractivity contribution in [3.05, 3.63) is 44.8 Å². The van der Waals surface area contributed by atoms with E-state index in [4.69, 9.17) is 4.74 Å². The molecule has 1 N–H and O–H groups in total. The van der Waals surface area contributed by atoms with Gasteiger partial charge in [0.15, 0.2) is 6.61 Å². The van der Waals surface area contributed by atoms with E-state index >= 15 is 0 Å². The second-order valence-electron chi connectivity index (χ2n) is 9.70. The number of carbonyl (C=O) groups is 2. The van der Waals surface area contributed by atoms with E-state index in [-0.39, 0.29) is 24.0 Å². The number of esters is 1. The van der Waals surface area contributed by atoms with Crippen LogP contribution in [-0.2, 0) is 14.3 Å². The highest BCUT2D eigenvalue weighted by Gasteiger charge is 2.53. The lowest BCUT2D eigenvalue weighted by Crippen LogP contribution is -2.56. The fourth-order valence-electron chi connectivity index (χ4n) is 6.53. The van der Waals surface area contributed by atoms with Gasteiger partial charge in [0.2, 0.25) is 0 Å². The van der Waals surface area contributed by atoms with Gasteiger partial charge in [0.25, 0.3) is 5.91 Å². The van der Waals surface area contributed by atoms with Crippen molar-refractivity contribution in [2.75, 3.05) is 6.61 Å². The Morgan fingerprint density at radius 3 is 2.32 bits per heavy atom. The third-order valence-electron chi connectivity index (χ3n) is 7.55. The molecule has 6 rings (SSSR count). The summed E-state index contributed by atoms with van der Waals surface area (Å²) in [5.74, 6) is 1.89. The molecule has 4 saturated carbocycles. The molecule has 6 heteroatoms. The average Bonchev–Trinajstić information content (AvgIpc) is 3.43. The van der Waals surface area contributed by atoms with Crippen molar-refractivity contribution in [1.29, 1.82) is 0 Å². The molecule has 4 bridgehead atoms. The van der Waals surface area contributed by atoms with Crippen molar-refractivity contribution in [3.8, 4) is 0 Å². The third kappa shape index (κ3) is 4.37. The van der Waals surface area contributed by atoms with Crippen molar-refractivity contribution in [1.82, 2.24) is 5.32 Å². The number of ether oxygens (including phenoxy) is 1. The van der Waals surface area contributed by atoms with Crippen LogP contribution in [0.25, 0.3) is 11.6 Å². The Balaban J connectivity index is 1.20. The summed E-state index contributed by atoms with van der Waals surface area (Å²) in [7, 11) is 0. The van der Waals surface area contributed by atoms with E-state index in [9.17, 15) is 9.59 Å². The smallest absolute Gasteiger partial charge is 0.340 e. The number of amides is 1. The van der Waals surface area contributed by atoms with Crippen LogP contribution in [0.3, 0.4) is 0 Å². The maximum absolute atomic E-state index is 12.8. The number of thiophene rings is 2. The van der Waals surface area contributed by atoms with Crippen molar-refractivity contribution < 1.29 is 14.3 Å². The van der Waals surface area contributed by atoms with Crippen LogP contribution in [0.2, 0.25) is 0 Å². The fraction of sp³-hybridized carbons (Fsp3) is 0.520. The van der Waals surface area contributed by atoms with E-state index in [1.807, 2.05) is 41.1 Å². The standard InChI is InChI=1S/C25H29NO3S2/c1-16(25-12-17-8-18(13-25)10-19(9-17)14-25)26-23(27)15-29-24(28)21(22-5-3-7-31-22)11-20-4-2-6-30-20/h2-7,11,16-19H,8-10,12-15H2,1H3,(H,26,27)/b21-11+/t16-,17?,18?,19?,25?/m0/s1. The Kier molecular flexibility index (Phi) is 5.78. The Morgan fingerprint density at radius 1 is 1.10 bits per heavy atom. The first-order valence-corrected chi connectivity index (χ1v) is 13.0. The first-order valence-electron chi connectivity index (χ1n) is 11.3. The molecule has 164 valence electrons. The van der Waals surface area contributed by atoms with Crippen LogP contribution in [0, 0.1) is 23.2 Å². The molecule has 0 aliphatic heterocycles. The van der Waals surface area contributed by atoms with Gasteiger partial charge in [-0.25, -0.2) is 4.79 Å². The Labute approximate surface area is 191 Å². The summed E-state index contributed by atoms with van der Waals surface area (Å²) in [4.78, 5) is 27.3. The minimum Gasteiger partial charge on any atom is -0.452 e.